The average Bonchev–Trinajstić information content (AvgIpc) is 2.28. The van der Waals surface area contributed by atoms with Crippen molar-refractivity contribution in [3.8, 4) is 0 Å². The summed E-state index contributed by atoms with van der Waals surface area (Å²) in [7, 11) is 3.58. The van der Waals surface area contributed by atoms with Crippen LogP contribution in [0.1, 0.15) is 0 Å². The Hall–Kier alpha value is -1.18. The van der Waals surface area contributed by atoms with Gasteiger partial charge >= 0.3 is 0 Å². The zero-order chi connectivity index (χ0) is 12.8. The molecule has 1 rings (SSSR count). The summed E-state index contributed by atoms with van der Waals surface area (Å²) >= 11 is 5.80. The molecule has 0 saturated heterocycles. The van der Waals surface area contributed by atoms with Crippen LogP contribution in [0.25, 0.3) is 0 Å². The Morgan fingerprint density at radius 2 is 1.53 bits per heavy atom. The van der Waals surface area contributed by atoms with Gasteiger partial charge in [0.2, 0.25) is 17.2 Å². The highest BCUT2D eigenvalue weighted by Crippen LogP contribution is 2.14. The molecule has 0 atom stereocenters. The average molecular weight is 262 g/mol. The molecule has 0 aliphatic carbocycles. The van der Waals surface area contributed by atoms with Crippen LogP contribution in [0.2, 0.25) is 5.28 Å². The maximum absolute atomic E-state index is 8.93. The van der Waals surface area contributed by atoms with E-state index in [2.05, 4.69) is 15.0 Å². The van der Waals surface area contributed by atoms with Crippen LogP contribution in [0.5, 0.6) is 0 Å². The lowest BCUT2D eigenvalue weighted by atomic mass is 10.5. The second kappa shape index (κ2) is 6.53. The molecule has 0 fully saturated rings. The van der Waals surface area contributed by atoms with E-state index in [0.29, 0.717) is 25.0 Å². The van der Waals surface area contributed by atoms with E-state index in [1.807, 2.05) is 0 Å². The van der Waals surface area contributed by atoms with Gasteiger partial charge in [-0.25, -0.2) is 0 Å². The van der Waals surface area contributed by atoms with Crippen molar-refractivity contribution < 1.29 is 10.2 Å². The van der Waals surface area contributed by atoms with Crippen LogP contribution in [-0.4, -0.2) is 65.6 Å². The van der Waals surface area contributed by atoms with Gasteiger partial charge in [-0.05, 0) is 11.6 Å². The zero-order valence-electron chi connectivity index (χ0n) is 9.84. The minimum absolute atomic E-state index is 0.0550. The largest absolute Gasteiger partial charge is 0.395 e. The zero-order valence-corrected chi connectivity index (χ0v) is 10.6. The summed E-state index contributed by atoms with van der Waals surface area (Å²) in [6.45, 7) is 0.544. The summed E-state index contributed by atoms with van der Waals surface area (Å²) in [5, 5.41) is 18.0. The molecule has 1 heterocycles. The predicted molar refractivity (Wildman–Crippen MR) is 65.5 cm³/mol. The van der Waals surface area contributed by atoms with Crippen molar-refractivity contribution in [3.63, 3.8) is 0 Å². The Morgan fingerprint density at radius 1 is 1.00 bits per heavy atom. The van der Waals surface area contributed by atoms with Gasteiger partial charge in [0.05, 0.1) is 13.2 Å². The highest BCUT2D eigenvalue weighted by Gasteiger charge is 2.13. The second-order valence-corrected chi connectivity index (χ2v) is 3.87. The van der Waals surface area contributed by atoms with Crippen LogP contribution in [-0.2, 0) is 0 Å². The summed E-state index contributed by atoms with van der Waals surface area (Å²) in [5.41, 5.74) is 0. The second-order valence-electron chi connectivity index (χ2n) is 3.53. The summed E-state index contributed by atoms with van der Waals surface area (Å²) in [6.07, 6.45) is 0. The van der Waals surface area contributed by atoms with Crippen molar-refractivity contribution in [2.45, 2.75) is 0 Å². The molecule has 8 heteroatoms. The molecule has 17 heavy (non-hydrogen) atoms. The van der Waals surface area contributed by atoms with Gasteiger partial charge in [-0.15, -0.1) is 0 Å². The topological polar surface area (TPSA) is 85.6 Å². The molecular formula is C9H16ClN5O2. The Kier molecular flexibility index (Phi) is 5.33. The normalized spacial score (nSPS) is 10.4. The number of aliphatic hydroxyl groups is 2. The standard InChI is InChI=1S/C9H16ClN5O2/c1-14(2)8-11-7(10)12-9(13-8)15(3-5-16)4-6-17/h16-17H,3-6H2,1-2H3. The Labute approximate surface area is 105 Å². The summed E-state index contributed by atoms with van der Waals surface area (Å²) in [6, 6.07) is 0. The highest BCUT2D eigenvalue weighted by atomic mass is 35.5. The SMILES string of the molecule is CN(C)c1nc(Cl)nc(N(CCO)CCO)n1. The fraction of sp³-hybridized carbons (Fsp3) is 0.667. The van der Waals surface area contributed by atoms with E-state index in [0.717, 1.165) is 0 Å². The van der Waals surface area contributed by atoms with Gasteiger partial charge < -0.3 is 20.0 Å². The van der Waals surface area contributed by atoms with Crippen molar-refractivity contribution >= 4 is 23.5 Å². The Morgan fingerprint density at radius 3 is 2.00 bits per heavy atom. The molecule has 0 spiro atoms. The lowest BCUT2D eigenvalue weighted by molar-refractivity contribution is 0.280. The van der Waals surface area contributed by atoms with Crippen LogP contribution in [0.4, 0.5) is 11.9 Å². The summed E-state index contributed by atoms with van der Waals surface area (Å²) < 4.78 is 0. The fourth-order valence-corrected chi connectivity index (χ4v) is 1.38. The first-order chi connectivity index (χ1) is 8.08. The van der Waals surface area contributed by atoms with Crippen LogP contribution < -0.4 is 9.80 Å². The molecule has 7 nitrogen and oxygen atoms in total. The smallest absolute Gasteiger partial charge is 0.231 e. The lowest BCUT2D eigenvalue weighted by Crippen LogP contribution is -2.32. The molecule has 1 aromatic heterocycles. The van der Waals surface area contributed by atoms with E-state index >= 15 is 0 Å². The summed E-state index contributed by atoms with van der Waals surface area (Å²) in [4.78, 5) is 15.5. The third-order valence-electron chi connectivity index (χ3n) is 2.01. The molecule has 0 unspecified atom stereocenters. The number of aromatic nitrogens is 3. The molecule has 0 saturated carbocycles. The molecule has 0 aromatic carbocycles. The van der Waals surface area contributed by atoms with Gasteiger partial charge in [0.15, 0.2) is 0 Å². The molecule has 0 amide bonds. The monoisotopic (exact) mass is 261 g/mol. The number of hydrogen-bond donors (Lipinski definition) is 2. The maximum Gasteiger partial charge on any atom is 0.231 e. The third kappa shape index (κ3) is 3.95. The molecule has 2 N–H and O–H groups in total. The third-order valence-corrected chi connectivity index (χ3v) is 2.18. The van der Waals surface area contributed by atoms with E-state index in [9.17, 15) is 0 Å². The first-order valence-electron chi connectivity index (χ1n) is 5.14. The van der Waals surface area contributed by atoms with Crippen molar-refractivity contribution in [2.24, 2.45) is 0 Å². The van der Waals surface area contributed by atoms with Crippen molar-refractivity contribution in [2.75, 3.05) is 50.2 Å². The van der Waals surface area contributed by atoms with Crippen LogP contribution in [0, 0.1) is 0 Å². The predicted octanol–water partition coefficient (Wildman–Crippen LogP) is -0.618. The van der Waals surface area contributed by atoms with E-state index in [1.54, 1.807) is 23.9 Å². The minimum atomic E-state index is -0.0550. The van der Waals surface area contributed by atoms with Gasteiger partial charge in [0.1, 0.15) is 0 Å². The van der Waals surface area contributed by atoms with E-state index in [4.69, 9.17) is 21.8 Å². The van der Waals surface area contributed by atoms with Crippen molar-refractivity contribution in [1.82, 2.24) is 15.0 Å². The number of aliphatic hydroxyl groups excluding tert-OH is 2. The minimum Gasteiger partial charge on any atom is -0.395 e. The molecule has 1 aromatic rings. The molecule has 0 bridgehead atoms. The molecule has 0 radical (unpaired) electrons. The molecule has 0 aliphatic rings. The Bertz CT molecular complexity index is 357. The Balaban J connectivity index is 3.00. The molecule has 96 valence electrons. The van der Waals surface area contributed by atoms with E-state index in [1.165, 1.54) is 0 Å². The number of halogens is 1. The number of nitrogens with zero attached hydrogens (tertiary/aromatic N) is 5. The number of rotatable bonds is 6. The van der Waals surface area contributed by atoms with Gasteiger partial charge in [-0.2, -0.15) is 15.0 Å². The number of anilines is 2. The van der Waals surface area contributed by atoms with Crippen molar-refractivity contribution in [3.05, 3.63) is 5.28 Å². The van der Waals surface area contributed by atoms with Gasteiger partial charge in [0, 0.05) is 27.2 Å². The van der Waals surface area contributed by atoms with Crippen molar-refractivity contribution in [1.29, 1.82) is 0 Å². The summed E-state index contributed by atoms with van der Waals surface area (Å²) in [5.74, 6) is 0.776. The maximum atomic E-state index is 8.93. The van der Waals surface area contributed by atoms with Gasteiger partial charge in [0.25, 0.3) is 0 Å². The van der Waals surface area contributed by atoms with Crippen LogP contribution in [0.15, 0.2) is 0 Å². The quantitative estimate of drug-likeness (QED) is 0.706. The first-order valence-corrected chi connectivity index (χ1v) is 5.52. The molecular weight excluding hydrogens is 246 g/mol. The highest BCUT2D eigenvalue weighted by molar-refractivity contribution is 6.28. The lowest BCUT2D eigenvalue weighted by Gasteiger charge is -2.21. The van der Waals surface area contributed by atoms with E-state index < -0.39 is 0 Å². The molecule has 0 aliphatic heterocycles. The number of hydrogen-bond acceptors (Lipinski definition) is 7. The van der Waals surface area contributed by atoms with Crippen LogP contribution in [0.3, 0.4) is 0 Å². The fourth-order valence-electron chi connectivity index (χ4n) is 1.22. The van der Waals surface area contributed by atoms with E-state index in [-0.39, 0.29) is 18.5 Å². The van der Waals surface area contributed by atoms with Gasteiger partial charge in [-0.1, -0.05) is 0 Å². The van der Waals surface area contributed by atoms with Crippen LogP contribution >= 0.6 is 11.6 Å². The van der Waals surface area contributed by atoms with Gasteiger partial charge in [-0.3, -0.25) is 0 Å². The first kappa shape index (κ1) is 13.9.